The van der Waals surface area contributed by atoms with Gasteiger partial charge >= 0.3 is 5.63 Å². The van der Waals surface area contributed by atoms with Crippen LogP contribution in [0.3, 0.4) is 0 Å². The zero-order chi connectivity index (χ0) is 22.1. The Kier molecular flexibility index (Phi) is 6.74. The average molecular weight is 470 g/mol. The molecule has 3 aromatic rings. The predicted molar refractivity (Wildman–Crippen MR) is 121 cm³/mol. The van der Waals surface area contributed by atoms with Crippen molar-refractivity contribution in [1.29, 1.82) is 0 Å². The van der Waals surface area contributed by atoms with E-state index >= 15 is 0 Å². The highest BCUT2D eigenvalue weighted by atomic mass is 35.5. The van der Waals surface area contributed by atoms with Crippen molar-refractivity contribution in [1.82, 2.24) is 9.62 Å². The fourth-order valence-corrected chi connectivity index (χ4v) is 4.16. The normalized spacial score (nSPS) is 11.9. The second-order valence-corrected chi connectivity index (χ2v) is 9.42. The quantitative estimate of drug-likeness (QED) is 0.515. The van der Waals surface area contributed by atoms with Crippen molar-refractivity contribution >= 4 is 50.1 Å². The first kappa shape index (κ1) is 22.6. The van der Waals surface area contributed by atoms with Crippen LogP contribution in [0.15, 0.2) is 45.6 Å². The van der Waals surface area contributed by atoms with E-state index in [1.165, 1.54) is 7.05 Å². The standard InChI is InChI=1S/C20H21Cl2N3O4S/c1-23-30(27,28)24-17-6-4-5-12(19(17)22)9-15-16(11-25(2)3)14-10-13(21)7-8-18(14)29-20(15)26/h4-8,10,23-24H,9,11H2,1-3H3. The molecular weight excluding hydrogens is 449 g/mol. The lowest BCUT2D eigenvalue weighted by Crippen LogP contribution is -2.26. The number of hydrogen-bond donors (Lipinski definition) is 2. The molecule has 0 saturated heterocycles. The number of anilines is 1. The van der Waals surface area contributed by atoms with E-state index in [0.717, 1.165) is 10.9 Å². The van der Waals surface area contributed by atoms with Gasteiger partial charge in [0, 0.05) is 36.0 Å². The molecule has 30 heavy (non-hydrogen) atoms. The van der Waals surface area contributed by atoms with Gasteiger partial charge in [-0.05, 0) is 49.5 Å². The van der Waals surface area contributed by atoms with E-state index < -0.39 is 15.8 Å². The number of hydrogen-bond acceptors (Lipinski definition) is 5. The summed E-state index contributed by atoms with van der Waals surface area (Å²) in [6.07, 6.45) is 0.169. The third-order valence-electron chi connectivity index (χ3n) is 4.51. The van der Waals surface area contributed by atoms with Gasteiger partial charge < -0.3 is 9.32 Å². The first-order valence-electron chi connectivity index (χ1n) is 8.99. The fraction of sp³-hybridized carbons (Fsp3) is 0.250. The summed E-state index contributed by atoms with van der Waals surface area (Å²) in [4.78, 5) is 14.8. The minimum absolute atomic E-state index is 0.169. The Morgan fingerprint density at radius 3 is 2.50 bits per heavy atom. The minimum atomic E-state index is -3.74. The molecule has 0 bridgehead atoms. The van der Waals surface area contributed by atoms with Crippen LogP contribution in [0, 0.1) is 0 Å². The summed E-state index contributed by atoms with van der Waals surface area (Å²) in [5.74, 6) is 0. The topological polar surface area (TPSA) is 91.7 Å². The van der Waals surface area contributed by atoms with Crippen molar-refractivity contribution in [2.24, 2.45) is 0 Å². The van der Waals surface area contributed by atoms with Crippen molar-refractivity contribution in [3.05, 3.63) is 73.6 Å². The Balaban J connectivity index is 2.14. The zero-order valence-electron chi connectivity index (χ0n) is 16.6. The molecule has 0 aliphatic rings. The zero-order valence-corrected chi connectivity index (χ0v) is 19.0. The van der Waals surface area contributed by atoms with Crippen molar-refractivity contribution in [3.8, 4) is 0 Å². The highest BCUT2D eigenvalue weighted by molar-refractivity contribution is 7.90. The van der Waals surface area contributed by atoms with E-state index in [4.69, 9.17) is 27.6 Å². The summed E-state index contributed by atoms with van der Waals surface area (Å²) < 4.78 is 33.7. The second kappa shape index (κ2) is 8.95. The lowest BCUT2D eigenvalue weighted by Gasteiger charge is -2.17. The SMILES string of the molecule is CNS(=O)(=O)Nc1cccc(Cc2c(CN(C)C)c3cc(Cl)ccc3oc2=O)c1Cl. The minimum Gasteiger partial charge on any atom is -0.422 e. The molecule has 0 fully saturated rings. The van der Waals surface area contributed by atoms with Crippen molar-refractivity contribution in [2.45, 2.75) is 13.0 Å². The lowest BCUT2D eigenvalue weighted by atomic mass is 9.98. The van der Waals surface area contributed by atoms with Crippen molar-refractivity contribution in [3.63, 3.8) is 0 Å². The molecule has 0 unspecified atom stereocenters. The molecule has 160 valence electrons. The van der Waals surface area contributed by atoms with Crippen LogP contribution in [0.4, 0.5) is 5.69 Å². The number of nitrogens with zero attached hydrogens (tertiary/aromatic N) is 1. The predicted octanol–water partition coefficient (Wildman–Crippen LogP) is 3.63. The van der Waals surface area contributed by atoms with Gasteiger partial charge in [0.15, 0.2) is 0 Å². The van der Waals surface area contributed by atoms with E-state index in [1.54, 1.807) is 36.4 Å². The first-order valence-corrected chi connectivity index (χ1v) is 11.2. The number of halogens is 2. The Morgan fingerprint density at radius 1 is 1.10 bits per heavy atom. The van der Waals surface area contributed by atoms with Crippen LogP contribution in [0.5, 0.6) is 0 Å². The van der Waals surface area contributed by atoms with Gasteiger partial charge in [0.05, 0.1) is 10.7 Å². The van der Waals surface area contributed by atoms with Gasteiger partial charge in [0.25, 0.3) is 10.2 Å². The number of benzene rings is 2. The van der Waals surface area contributed by atoms with Crippen LogP contribution in [0.25, 0.3) is 11.0 Å². The molecule has 7 nitrogen and oxygen atoms in total. The summed E-state index contributed by atoms with van der Waals surface area (Å²) in [6.45, 7) is 0.488. The Morgan fingerprint density at radius 2 is 1.83 bits per heavy atom. The van der Waals surface area contributed by atoms with Gasteiger partial charge in [0.2, 0.25) is 0 Å². The Hall–Kier alpha value is -2.10. The third-order valence-corrected chi connectivity index (χ3v) is 6.22. The lowest BCUT2D eigenvalue weighted by molar-refractivity contribution is 0.400. The molecule has 0 spiro atoms. The average Bonchev–Trinajstić information content (AvgIpc) is 2.67. The van der Waals surface area contributed by atoms with Crippen LogP contribution in [0.1, 0.15) is 16.7 Å². The molecule has 0 saturated carbocycles. The maximum atomic E-state index is 12.8. The van der Waals surface area contributed by atoms with E-state index in [2.05, 4.69) is 9.44 Å². The molecule has 0 radical (unpaired) electrons. The molecule has 0 atom stereocenters. The molecule has 0 aliphatic carbocycles. The molecule has 0 amide bonds. The van der Waals surface area contributed by atoms with Crippen LogP contribution in [-0.2, 0) is 23.2 Å². The highest BCUT2D eigenvalue weighted by Gasteiger charge is 2.19. The van der Waals surface area contributed by atoms with E-state index in [9.17, 15) is 13.2 Å². The second-order valence-electron chi connectivity index (χ2n) is 6.99. The molecular formula is C20H21Cl2N3O4S. The van der Waals surface area contributed by atoms with Crippen LogP contribution in [0.2, 0.25) is 10.0 Å². The van der Waals surface area contributed by atoms with Crippen molar-refractivity contribution in [2.75, 3.05) is 25.9 Å². The van der Waals surface area contributed by atoms with Gasteiger partial charge in [-0.3, -0.25) is 4.72 Å². The molecule has 10 heteroatoms. The highest BCUT2D eigenvalue weighted by Crippen LogP contribution is 2.31. The maximum absolute atomic E-state index is 12.8. The van der Waals surface area contributed by atoms with Gasteiger partial charge in [-0.25, -0.2) is 9.52 Å². The summed E-state index contributed by atoms with van der Waals surface area (Å²) in [5, 5.41) is 1.48. The first-order chi connectivity index (χ1) is 14.1. The smallest absolute Gasteiger partial charge is 0.340 e. The van der Waals surface area contributed by atoms with E-state index in [0.29, 0.717) is 28.3 Å². The largest absolute Gasteiger partial charge is 0.422 e. The monoisotopic (exact) mass is 469 g/mol. The van der Waals surface area contributed by atoms with Gasteiger partial charge in [-0.2, -0.15) is 8.42 Å². The Bertz CT molecular complexity index is 1260. The van der Waals surface area contributed by atoms with Crippen LogP contribution < -0.4 is 15.1 Å². The summed E-state index contributed by atoms with van der Waals surface area (Å²) in [7, 11) is 1.35. The van der Waals surface area contributed by atoms with E-state index in [1.807, 2.05) is 19.0 Å². The van der Waals surface area contributed by atoms with Gasteiger partial charge in [-0.15, -0.1) is 0 Å². The van der Waals surface area contributed by atoms with E-state index in [-0.39, 0.29) is 17.1 Å². The number of nitrogens with one attached hydrogen (secondary N) is 2. The summed E-state index contributed by atoms with van der Waals surface area (Å²) in [6, 6.07) is 10.0. The summed E-state index contributed by atoms with van der Waals surface area (Å²) in [5.41, 5.74) is 2.00. The number of fused-ring (bicyclic) bond motifs is 1. The van der Waals surface area contributed by atoms with Crippen molar-refractivity contribution < 1.29 is 12.8 Å². The van der Waals surface area contributed by atoms with Crippen LogP contribution >= 0.6 is 23.2 Å². The van der Waals surface area contributed by atoms with Gasteiger partial charge in [0.1, 0.15) is 5.58 Å². The van der Waals surface area contributed by atoms with Gasteiger partial charge in [-0.1, -0.05) is 35.3 Å². The molecule has 3 rings (SSSR count). The maximum Gasteiger partial charge on any atom is 0.340 e. The molecule has 1 heterocycles. The molecule has 1 aromatic heterocycles. The third kappa shape index (κ3) is 4.96. The molecule has 2 N–H and O–H groups in total. The van der Waals surface area contributed by atoms with Crippen LogP contribution in [-0.4, -0.2) is 34.5 Å². The molecule has 0 aliphatic heterocycles. The summed E-state index contributed by atoms with van der Waals surface area (Å²) >= 11 is 12.6. The fourth-order valence-electron chi connectivity index (χ4n) is 3.13. The number of rotatable bonds is 7. The Labute approximate surface area is 184 Å². The molecule has 2 aromatic carbocycles.